The van der Waals surface area contributed by atoms with Crippen LogP contribution in [0.3, 0.4) is 0 Å². The average Bonchev–Trinajstić information content (AvgIpc) is 2.78. The maximum absolute atomic E-state index is 10.9. The van der Waals surface area contributed by atoms with Crippen molar-refractivity contribution in [2.45, 2.75) is 20.4 Å². The summed E-state index contributed by atoms with van der Waals surface area (Å²) in [5, 5.41) is 9.64. The summed E-state index contributed by atoms with van der Waals surface area (Å²) in [7, 11) is 0. The number of hydrogen-bond acceptors (Lipinski definition) is 3. The number of nitrogens with zero attached hydrogens (tertiary/aromatic N) is 3. The molecule has 0 saturated heterocycles. The van der Waals surface area contributed by atoms with E-state index < -0.39 is 5.97 Å². The van der Waals surface area contributed by atoms with E-state index in [0.29, 0.717) is 18.1 Å². The molecular weight excluding hydrogens is 278 g/mol. The minimum Gasteiger partial charge on any atom is -0.481 e. The van der Waals surface area contributed by atoms with E-state index in [1.165, 1.54) is 0 Å². The van der Waals surface area contributed by atoms with E-state index in [4.69, 9.17) is 16.7 Å². The molecule has 2 aromatic rings. The van der Waals surface area contributed by atoms with Crippen molar-refractivity contribution in [2.24, 2.45) is 5.92 Å². The van der Waals surface area contributed by atoms with E-state index in [1.54, 1.807) is 13.0 Å². The second-order valence-corrected chi connectivity index (χ2v) is 5.35. The van der Waals surface area contributed by atoms with Crippen molar-refractivity contribution in [1.29, 1.82) is 0 Å². The molecule has 0 radical (unpaired) electrons. The monoisotopic (exact) mass is 295 g/mol. The van der Waals surface area contributed by atoms with Crippen LogP contribution in [0.15, 0.2) is 24.5 Å². The fraction of sp³-hybridized carbons (Fsp3) is 0.429. The molecule has 0 bridgehead atoms. The Labute approximate surface area is 122 Å². The third-order valence-electron chi connectivity index (χ3n) is 3.25. The number of aliphatic carboxylic acids is 1. The van der Waals surface area contributed by atoms with Crippen LogP contribution >= 0.6 is 11.6 Å². The minimum atomic E-state index is -0.773. The number of aromatic nitrogens is 2. The molecule has 1 N–H and O–H groups in total. The highest BCUT2D eigenvalue weighted by atomic mass is 35.5. The number of fused-ring (bicyclic) bond motifs is 1. The maximum Gasteiger partial charge on any atom is 0.307 e. The summed E-state index contributed by atoms with van der Waals surface area (Å²) in [6.07, 6.45) is 3.73. The summed E-state index contributed by atoms with van der Waals surface area (Å²) in [6, 6.07) is 3.67. The van der Waals surface area contributed by atoms with Crippen molar-refractivity contribution < 1.29 is 9.90 Å². The van der Waals surface area contributed by atoms with E-state index in [-0.39, 0.29) is 5.92 Å². The Hall–Kier alpha value is -1.59. The Balaban J connectivity index is 2.11. The first-order valence-electron chi connectivity index (χ1n) is 6.58. The van der Waals surface area contributed by atoms with Crippen molar-refractivity contribution in [3.63, 3.8) is 0 Å². The zero-order valence-electron chi connectivity index (χ0n) is 11.6. The van der Waals surface area contributed by atoms with Crippen LogP contribution in [0.2, 0.25) is 5.02 Å². The second kappa shape index (κ2) is 6.24. The van der Waals surface area contributed by atoms with Gasteiger partial charge in [0.2, 0.25) is 0 Å². The van der Waals surface area contributed by atoms with Gasteiger partial charge in [-0.05, 0) is 18.7 Å². The zero-order valence-corrected chi connectivity index (χ0v) is 12.3. The molecule has 2 heterocycles. The standard InChI is InChI=1S/C14H18ClN3O2/c1-3-17(6-10(2)14(19)20)8-12-9-18-7-11(15)4-5-13(18)16-12/h4-5,7,9-10H,3,6,8H2,1-2H3,(H,19,20). The maximum atomic E-state index is 10.9. The second-order valence-electron chi connectivity index (χ2n) is 4.91. The van der Waals surface area contributed by atoms with Crippen LogP contribution in [-0.2, 0) is 11.3 Å². The summed E-state index contributed by atoms with van der Waals surface area (Å²) in [6.45, 7) is 5.66. The molecule has 0 amide bonds. The van der Waals surface area contributed by atoms with Gasteiger partial charge in [-0.3, -0.25) is 9.69 Å². The van der Waals surface area contributed by atoms with Crippen LogP contribution < -0.4 is 0 Å². The van der Waals surface area contributed by atoms with Gasteiger partial charge in [-0.2, -0.15) is 0 Å². The van der Waals surface area contributed by atoms with Gasteiger partial charge in [-0.15, -0.1) is 0 Å². The first kappa shape index (κ1) is 14.8. The van der Waals surface area contributed by atoms with Gasteiger partial charge < -0.3 is 9.51 Å². The molecule has 0 saturated carbocycles. The predicted octanol–water partition coefficient (Wildman–Crippen LogP) is 2.53. The molecule has 5 nitrogen and oxygen atoms in total. The number of carboxylic acid groups (broad SMARTS) is 1. The largest absolute Gasteiger partial charge is 0.481 e. The molecule has 1 unspecified atom stereocenters. The molecule has 1 atom stereocenters. The fourth-order valence-electron chi connectivity index (χ4n) is 2.09. The lowest BCUT2D eigenvalue weighted by Crippen LogP contribution is -2.31. The molecule has 0 aliphatic heterocycles. The van der Waals surface area contributed by atoms with Crippen molar-refractivity contribution in [3.05, 3.63) is 35.2 Å². The van der Waals surface area contributed by atoms with Crippen molar-refractivity contribution >= 4 is 23.2 Å². The Morgan fingerprint density at radius 1 is 1.50 bits per heavy atom. The molecule has 108 valence electrons. The first-order chi connectivity index (χ1) is 9.49. The van der Waals surface area contributed by atoms with Gasteiger partial charge in [-0.1, -0.05) is 25.4 Å². The Morgan fingerprint density at radius 3 is 2.90 bits per heavy atom. The summed E-state index contributed by atoms with van der Waals surface area (Å²) in [4.78, 5) is 17.5. The highest BCUT2D eigenvalue weighted by Gasteiger charge is 2.16. The average molecular weight is 296 g/mol. The zero-order chi connectivity index (χ0) is 14.7. The third kappa shape index (κ3) is 3.49. The van der Waals surface area contributed by atoms with Gasteiger partial charge in [0.05, 0.1) is 16.6 Å². The van der Waals surface area contributed by atoms with Crippen LogP contribution in [0.5, 0.6) is 0 Å². The van der Waals surface area contributed by atoms with Gasteiger partial charge in [0.25, 0.3) is 0 Å². The molecule has 0 aliphatic carbocycles. The number of carboxylic acids is 1. The predicted molar refractivity (Wildman–Crippen MR) is 78.0 cm³/mol. The highest BCUT2D eigenvalue weighted by molar-refractivity contribution is 6.30. The van der Waals surface area contributed by atoms with Gasteiger partial charge in [0.15, 0.2) is 0 Å². The van der Waals surface area contributed by atoms with Gasteiger partial charge in [-0.25, -0.2) is 4.98 Å². The molecule has 0 spiro atoms. The number of halogens is 1. The number of hydrogen-bond donors (Lipinski definition) is 1. The van der Waals surface area contributed by atoms with E-state index >= 15 is 0 Å². The van der Waals surface area contributed by atoms with E-state index in [1.807, 2.05) is 29.8 Å². The third-order valence-corrected chi connectivity index (χ3v) is 3.47. The smallest absolute Gasteiger partial charge is 0.307 e. The molecule has 0 fully saturated rings. The summed E-state index contributed by atoms with van der Waals surface area (Å²) in [5.41, 5.74) is 1.75. The summed E-state index contributed by atoms with van der Waals surface area (Å²) in [5.74, 6) is -1.16. The lowest BCUT2D eigenvalue weighted by Gasteiger charge is -2.21. The number of carbonyl (C=O) groups is 1. The molecule has 6 heteroatoms. The quantitative estimate of drug-likeness (QED) is 0.890. The first-order valence-corrected chi connectivity index (χ1v) is 6.95. The Bertz CT molecular complexity index is 611. The molecule has 20 heavy (non-hydrogen) atoms. The van der Waals surface area contributed by atoms with E-state index in [2.05, 4.69) is 9.88 Å². The number of pyridine rings is 1. The van der Waals surface area contributed by atoms with E-state index in [0.717, 1.165) is 17.9 Å². The van der Waals surface area contributed by atoms with E-state index in [9.17, 15) is 4.79 Å². The molecule has 0 aromatic carbocycles. The normalized spacial score (nSPS) is 13.0. The Morgan fingerprint density at radius 2 is 2.25 bits per heavy atom. The Kier molecular flexibility index (Phi) is 4.62. The number of rotatable bonds is 6. The minimum absolute atomic E-state index is 0.388. The molecule has 0 aliphatic rings. The van der Waals surface area contributed by atoms with Crippen molar-refractivity contribution in [2.75, 3.05) is 13.1 Å². The van der Waals surface area contributed by atoms with Gasteiger partial charge in [0.1, 0.15) is 5.65 Å². The van der Waals surface area contributed by atoms with Crippen LogP contribution in [0.1, 0.15) is 19.5 Å². The topological polar surface area (TPSA) is 57.8 Å². The lowest BCUT2D eigenvalue weighted by atomic mass is 10.1. The van der Waals surface area contributed by atoms with Crippen LogP contribution in [0.25, 0.3) is 5.65 Å². The SMILES string of the molecule is CCN(Cc1cn2cc(Cl)ccc2n1)CC(C)C(=O)O. The molecule has 2 rings (SSSR count). The lowest BCUT2D eigenvalue weighted by molar-refractivity contribution is -0.141. The van der Waals surface area contributed by atoms with Crippen LogP contribution in [0.4, 0.5) is 0 Å². The number of imidazole rings is 1. The van der Waals surface area contributed by atoms with Crippen molar-refractivity contribution in [3.8, 4) is 0 Å². The highest BCUT2D eigenvalue weighted by Crippen LogP contribution is 2.13. The summed E-state index contributed by atoms with van der Waals surface area (Å²) < 4.78 is 1.88. The fourth-order valence-corrected chi connectivity index (χ4v) is 2.26. The molecular formula is C14H18ClN3O2. The molecule has 2 aromatic heterocycles. The van der Waals surface area contributed by atoms with Gasteiger partial charge in [0, 0.05) is 25.5 Å². The van der Waals surface area contributed by atoms with Crippen LogP contribution in [-0.4, -0.2) is 38.4 Å². The van der Waals surface area contributed by atoms with Crippen molar-refractivity contribution in [1.82, 2.24) is 14.3 Å². The van der Waals surface area contributed by atoms with Gasteiger partial charge >= 0.3 is 5.97 Å². The summed E-state index contributed by atoms with van der Waals surface area (Å²) >= 11 is 5.94. The van der Waals surface area contributed by atoms with Crippen LogP contribution in [0, 0.1) is 5.92 Å².